The second-order valence-electron chi connectivity index (χ2n) is 8.17. The van der Waals surface area contributed by atoms with E-state index in [9.17, 15) is 4.79 Å². The third-order valence-electron chi connectivity index (χ3n) is 6.33. The molecule has 0 spiro atoms. The van der Waals surface area contributed by atoms with E-state index in [1.165, 1.54) is 5.69 Å². The van der Waals surface area contributed by atoms with Crippen LogP contribution in [0.25, 0.3) is 22.4 Å². The number of allylic oxidation sites excluding steroid dienone is 1. The van der Waals surface area contributed by atoms with E-state index in [4.69, 9.17) is 0 Å². The van der Waals surface area contributed by atoms with Crippen LogP contribution in [0.4, 0.5) is 5.69 Å². The Hall–Kier alpha value is -3.98. The highest BCUT2D eigenvalue weighted by Gasteiger charge is 2.40. The van der Waals surface area contributed by atoms with Crippen molar-refractivity contribution in [2.45, 2.75) is 13.8 Å². The van der Waals surface area contributed by atoms with E-state index in [1.807, 2.05) is 65.4 Å². The van der Waals surface area contributed by atoms with Gasteiger partial charge in [0.2, 0.25) is 5.70 Å². The third-order valence-corrected chi connectivity index (χ3v) is 6.33. The van der Waals surface area contributed by atoms with Gasteiger partial charge in [0, 0.05) is 36.5 Å². The number of ketones is 1. The summed E-state index contributed by atoms with van der Waals surface area (Å²) in [6.45, 7) is 6.30. The molecule has 1 aliphatic heterocycles. The number of benzene rings is 3. The fourth-order valence-corrected chi connectivity index (χ4v) is 4.61. The second-order valence-corrected chi connectivity index (χ2v) is 8.17. The van der Waals surface area contributed by atoms with E-state index in [2.05, 4.69) is 61.2 Å². The van der Waals surface area contributed by atoms with Crippen LogP contribution in [-0.4, -0.2) is 18.9 Å². The van der Waals surface area contributed by atoms with Crippen LogP contribution in [0, 0.1) is 0 Å². The number of aromatic nitrogens is 1. The van der Waals surface area contributed by atoms with Crippen molar-refractivity contribution in [1.29, 1.82) is 0 Å². The van der Waals surface area contributed by atoms with Crippen molar-refractivity contribution in [2.75, 3.05) is 18.0 Å². The highest BCUT2D eigenvalue weighted by atomic mass is 16.1. The number of rotatable bonds is 6. The van der Waals surface area contributed by atoms with E-state index in [-0.39, 0.29) is 5.78 Å². The Balaban J connectivity index is 1.59. The van der Waals surface area contributed by atoms with Crippen molar-refractivity contribution < 1.29 is 9.36 Å². The predicted octanol–water partition coefficient (Wildman–Crippen LogP) is 6.10. The van der Waals surface area contributed by atoms with Gasteiger partial charge < -0.3 is 4.90 Å². The fourth-order valence-electron chi connectivity index (χ4n) is 4.61. The summed E-state index contributed by atoms with van der Waals surface area (Å²) in [5, 5.41) is 0. The lowest BCUT2D eigenvalue weighted by atomic mass is 9.97. The molecule has 0 fully saturated rings. The minimum absolute atomic E-state index is 0.0571. The molecular formula is C30H27N2O+. The molecule has 0 atom stereocenters. The Morgan fingerprint density at radius 1 is 0.667 bits per heavy atom. The molecule has 0 radical (unpaired) electrons. The number of hydrogen-bond acceptors (Lipinski definition) is 2. The van der Waals surface area contributed by atoms with Gasteiger partial charge in [-0.3, -0.25) is 4.79 Å². The second kappa shape index (κ2) is 8.87. The topological polar surface area (TPSA) is 24.2 Å². The maximum atomic E-state index is 13.7. The number of nitrogens with zero attached hydrogens (tertiary/aromatic N) is 2. The van der Waals surface area contributed by atoms with Crippen LogP contribution in [0.15, 0.2) is 103 Å². The highest BCUT2D eigenvalue weighted by molar-refractivity contribution is 6.34. The standard InChI is InChI=1S/C30H27N2O/c1-3-31(4-2)26-17-15-22(16-18-26)25-19-20-32-27(21-25)30(33)28(23-11-7-5-8-12-23)29(32)24-13-9-6-10-14-24/h5-21H,3-4H2,1-2H3/q+1. The molecule has 3 heteroatoms. The first-order chi connectivity index (χ1) is 16.2. The third kappa shape index (κ3) is 3.76. The first-order valence-electron chi connectivity index (χ1n) is 11.5. The lowest BCUT2D eigenvalue weighted by Gasteiger charge is -2.21. The summed E-state index contributed by atoms with van der Waals surface area (Å²) in [7, 11) is 0. The van der Waals surface area contributed by atoms with Gasteiger partial charge in [-0.15, -0.1) is 0 Å². The first kappa shape index (κ1) is 20.9. The van der Waals surface area contributed by atoms with Gasteiger partial charge in [0.05, 0.1) is 0 Å². The average molecular weight is 432 g/mol. The lowest BCUT2D eigenvalue weighted by molar-refractivity contribution is -0.577. The van der Waals surface area contributed by atoms with E-state index in [0.717, 1.165) is 46.6 Å². The van der Waals surface area contributed by atoms with Crippen LogP contribution in [0.2, 0.25) is 0 Å². The van der Waals surface area contributed by atoms with Gasteiger partial charge >= 0.3 is 0 Å². The summed E-state index contributed by atoms with van der Waals surface area (Å²) in [4.78, 5) is 16.0. The number of carbonyl (C=O) groups is 1. The minimum atomic E-state index is 0.0571. The van der Waals surface area contributed by atoms with Gasteiger partial charge in [-0.05, 0) is 54.8 Å². The molecule has 0 aliphatic carbocycles. The van der Waals surface area contributed by atoms with Gasteiger partial charge in [0.25, 0.3) is 11.5 Å². The van der Waals surface area contributed by atoms with Crippen LogP contribution >= 0.6 is 0 Å². The number of hydrogen-bond donors (Lipinski definition) is 0. The minimum Gasteiger partial charge on any atom is -0.372 e. The van der Waals surface area contributed by atoms with Crippen LogP contribution in [0.1, 0.15) is 35.5 Å². The molecule has 0 saturated heterocycles. The average Bonchev–Trinajstić information content (AvgIpc) is 3.18. The molecule has 0 bridgehead atoms. The molecule has 5 rings (SSSR count). The molecular weight excluding hydrogens is 404 g/mol. The molecule has 0 unspecified atom stereocenters. The Bertz CT molecular complexity index is 1320. The molecule has 3 aromatic carbocycles. The SMILES string of the molecule is CCN(CC)c1ccc(-c2cc[n+]3c(c2)C(=O)C(c2ccccc2)=C3c2ccccc2)cc1. The number of Topliss-reactive ketones (excluding diaryl/α,β-unsaturated/α-hetero) is 1. The summed E-state index contributed by atoms with van der Waals surface area (Å²) in [5.74, 6) is 0.0571. The molecule has 2 heterocycles. The van der Waals surface area contributed by atoms with Crippen LogP contribution in [0.3, 0.4) is 0 Å². The molecule has 1 aromatic heterocycles. The molecule has 0 saturated carbocycles. The van der Waals surface area contributed by atoms with Gasteiger partial charge in [0.1, 0.15) is 5.57 Å². The zero-order chi connectivity index (χ0) is 22.8. The van der Waals surface area contributed by atoms with Crippen LogP contribution in [-0.2, 0) is 0 Å². The van der Waals surface area contributed by atoms with E-state index < -0.39 is 0 Å². The van der Waals surface area contributed by atoms with Crippen LogP contribution in [0.5, 0.6) is 0 Å². The molecule has 162 valence electrons. The monoisotopic (exact) mass is 431 g/mol. The first-order valence-corrected chi connectivity index (χ1v) is 11.5. The Morgan fingerprint density at radius 3 is 1.88 bits per heavy atom. The maximum Gasteiger partial charge on any atom is 0.264 e. The van der Waals surface area contributed by atoms with Crippen molar-refractivity contribution in [3.8, 4) is 11.1 Å². The number of carbonyl (C=O) groups excluding carboxylic acids is 1. The zero-order valence-electron chi connectivity index (χ0n) is 19.0. The quantitative estimate of drug-likeness (QED) is 0.345. The van der Waals surface area contributed by atoms with Crippen molar-refractivity contribution in [1.82, 2.24) is 0 Å². The molecule has 33 heavy (non-hydrogen) atoms. The molecule has 0 amide bonds. The van der Waals surface area contributed by atoms with E-state index in [0.29, 0.717) is 5.69 Å². The van der Waals surface area contributed by atoms with Crippen molar-refractivity contribution >= 4 is 22.7 Å². The van der Waals surface area contributed by atoms with Gasteiger partial charge in [-0.2, -0.15) is 4.57 Å². The van der Waals surface area contributed by atoms with Crippen molar-refractivity contribution in [2.24, 2.45) is 0 Å². The van der Waals surface area contributed by atoms with Gasteiger partial charge in [-0.25, -0.2) is 0 Å². The maximum absolute atomic E-state index is 13.7. The van der Waals surface area contributed by atoms with Gasteiger partial charge in [0.15, 0.2) is 6.20 Å². The lowest BCUT2D eigenvalue weighted by Crippen LogP contribution is -2.34. The number of pyridine rings is 1. The summed E-state index contributed by atoms with van der Waals surface area (Å²) >= 11 is 0. The fraction of sp³-hybridized carbons (Fsp3) is 0.133. The van der Waals surface area contributed by atoms with Crippen LogP contribution < -0.4 is 9.47 Å². The largest absolute Gasteiger partial charge is 0.372 e. The zero-order valence-corrected chi connectivity index (χ0v) is 19.0. The number of anilines is 1. The summed E-state index contributed by atoms with van der Waals surface area (Å²) in [6.07, 6.45) is 2.03. The predicted molar refractivity (Wildman–Crippen MR) is 135 cm³/mol. The van der Waals surface area contributed by atoms with E-state index in [1.54, 1.807) is 0 Å². The summed E-state index contributed by atoms with van der Waals surface area (Å²) in [5.41, 5.74) is 7.72. The Kier molecular flexibility index (Phi) is 5.62. The highest BCUT2D eigenvalue weighted by Crippen LogP contribution is 2.33. The Labute approximate surface area is 195 Å². The number of fused-ring (bicyclic) bond motifs is 1. The molecule has 1 aliphatic rings. The van der Waals surface area contributed by atoms with Crippen molar-refractivity contribution in [3.05, 3.63) is 120 Å². The Morgan fingerprint density at radius 2 is 1.27 bits per heavy atom. The smallest absolute Gasteiger partial charge is 0.264 e. The summed E-state index contributed by atoms with van der Waals surface area (Å²) in [6, 6.07) is 32.8. The molecule has 0 N–H and O–H groups in total. The molecule has 4 aromatic rings. The molecule has 3 nitrogen and oxygen atoms in total. The normalized spacial score (nSPS) is 12.7. The van der Waals surface area contributed by atoms with Gasteiger partial charge in [-0.1, -0.05) is 60.7 Å². The summed E-state index contributed by atoms with van der Waals surface area (Å²) < 4.78 is 2.04. The van der Waals surface area contributed by atoms with Crippen molar-refractivity contribution in [3.63, 3.8) is 0 Å². The van der Waals surface area contributed by atoms with E-state index >= 15 is 0 Å².